The first-order valence-electron chi connectivity index (χ1n) is 9.18. The van der Waals surface area contributed by atoms with Crippen LogP contribution in [0.15, 0.2) is 12.3 Å². The minimum absolute atomic E-state index is 0.0787. The lowest BCUT2D eigenvalue weighted by atomic mass is 9.82. The van der Waals surface area contributed by atoms with Crippen molar-refractivity contribution < 1.29 is 14.6 Å². The quantitative estimate of drug-likeness (QED) is 0.829. The highest BCUT2D eigenvalue weighted by atomic mass is 16.5. The van der Waals surface area contributed by atoms with Crippen LogP contribution in [0.3, 0.4) is 0 Å². The number of carbonyl (C=O) groups excluding carboxylic acids is 1. The summed E-state index contributed by atoms with van der Waals surface area (Å²) < 4.78 is 7.90. The first-order chi connectivity index (χ1) is 11.9. The lowest BCUT2D eigenvalue weighted by molar-refractivity contribution is -0.136. The van der Waals surface area contributed by atoms with Crippen molar-refractivity contribution in [3.05, 3.63) is 18.0 Å². The molecule has 4 atom stereocenters. The molecule has 2 aliphatic rings. The summed E-state index contributed by atoms with van der Waals surface area (Å²) in [6.07, 6.45) is 3.82. The van der Waals surface area contributed by atoms with Gasteiger partial charge in [-0.15, -0.1) is 0 Å². The van der Waals surface area contributed by atoms with Crippen molar-refractivity contribution in [1.82, 2.24) is 20.0 Å². The number of aryl methyl sites for hydroxylation is 2. The average Bonchev–Trinajstić information content (AvgIpc) is 2.92. The van der Waals surface area contributed by atoms with E-state index in [9.17, 15) is 9.90 Å². The van der Waals surface area contributed by atoms with Gasteiger partial charge in [0.05, 0.1) is 24.4 Å². The Kier molecular flexibility index (Phi) is 5.46. The van der Waals surface area contributed by atoms with E-state index in [2.05, 4.69) is 10.4 Å². The van der Waals surface area contributed by atoms with Crippen molar-refractivity contribution in [3.63, 3.8) is 0 Å². The number of nitrogens with zero attached hydrogens (tertiary/aromatic N) is 3. The number of hydrogen-bond donors (Lipinski definition) is 2. The Morgan fingerprint density at radius 2 is 2.36 bits per heavy atom. The van der Waals surface area contributed by atoms with Crippen LogP contribution in [0.1, 0.15) is 31.9 Å². The van der Waals surface area contributed by atoms with E-state index in [0.29, 0.717) is 32.5 Å². The van der Waals surface area contributed by atoms with E-state index in [1.807, 2.05) is 36.5 Å². The third-order valence-electron chi connectivity index (χ3n) is 5.73. The summed E-state index contributed by atoms with van der Waals surface area (Å²) in [6, 6.07) is 1.86. The second-order valence-electron chi connectivity index (χ2n) is 7.61. The molecule has 0 aromatic carbocycles. The summed E-state index contributed by atoms with van der Waals surface area (Å²) >= 11 is 0. The molecule has 3 rings (SSSR count). The topological polar surface area (TPSA) is 79.6 Å². The maximum atomic E-state index is 12.6. The van der Waals surface area contributed by atoms with Gasteiger partial charge in [-0.3, -0.25) is 9.48 Å². The number of nitrogens with one attached hydrogen (secondary N) is 1. The lowest BCUT2D eigenvalue weighted by Gasteiger charge is -2.39. The number of carbonyl (C=O) groups is 1. The number of likely N-dealkylation sites (N-methyl/N-ethyl adjacent to an activating group) is 1. The van der Waals surface area contributed by atoms with E-state index in [-0.39, 0.29) is 24.0 Å². The third kappa shape index (κ3) is 4.04. The second-order valence-corrected chi connectivity index (χ2v) is 7.61. The summed E-state index contributed by atoms with van der Waals surface area (Å²) in [6.45, 7) is 6.36. The molecule has 0 aliphatic carbocycles. The molecule has 2 aliphatic heterocycles. The highest BCUT2D eigenvalue weighted by Crippen LogP contribution is 2.33. The molecule has 0 saturated carbocycles. The number of rotatable bonds is 4. The SMILES string of the molecule is CN[C@@H]1CO[C@@H]2CCN(C(=O)CCn3nccc3C)C[C@@H]2C[C@@]1(C)O. The van der Waals surface area contributed by atoms with Crippen LogP contribution in [0, 0.1) is 12.8 Å². The zero-order chi connectivity index (χ0) is 18.0. The van der Waals surface area contributed by atoms with Crippen LogP contribution in [0.5, 0.6) is 0 Å². The minimum Gasteiger partial charge on any atom is -0.388 e. The van der Waals surface area contributed by atoms with Crippen molar-refractivity contribution in [1.29, 1.82) is 0 Å². The summed E-state index contributed by atoms with van der Waals surface area (Å²) in [5, 5.41) is 18.2. The van der Waals surface area contributed by atoms with Crippen molar-refractivity contribution in [2.45, 2.75) is 57.4 Å². The van der Waals surface area contributed by atoms with Gasteiger partial charge in [0.25, 0.3) is 0 Å². The smallest absolute Gasteiger partial charge is 0.224 e. The van der Waals surface area contributed by atoms with Crippen molar-refractivity contribution in [3.8, 4) is 0 Å². The predicted molar refractivity (Wildman–Crippen MR) is 94.1 cm³/mol. The zero-order valence-electron chi connectivity index (χ0n) is 15.4. The monoisotopic (exact) mass is 350 g/mol. The largest absolute Gasteiger partial charge is 0.388 e. The van der Waals surface area contributed by atoms with Gasteiger partial charge < -0.3 is 20.1 Å². The van der Waals surface area contributed by atoms with E-state index < -0.39 is 5.60 Å². The fourth-order valence-electron chi connectivity index (χ4n) is 4.11. The Morgan fingerprint density at radius 3 is 3.04 bits per heavy atom. The van der Waals surface area contributed by atoms with Gasteiger partial charge in [0.1, 0.15) is 0 Å². The molecule has 2 N–H and O–H groups in total. The van der Waals surface area contributed by atoms with E-state index in [1.54, 1.807) is 6.20 Å². The number of aliphatic hydroxyl groups is 1. The molecule has 7 nitrogen and oxygen atoms in total. The van der Waals surface area contributed by atoms with Crippen LogP contribution in [-0.4, -0.2) is 70.2 Å². The molecule has 1 amide bonds. The molecule has 140 valence electrons. The summed E-state index contributed by atoms with van der Waals surface area (Å²) in [5.41, 5.74) is 0.240. The van der Waals surface area contributed by atoms with Gasteiger partial charge in [0, 0.05) is 43.9 Å². The summed E-state index contributed by atoms with van der Waals surface area (Å²) in [5.74, 6) is 0.333. The minimum atomic E-state index is -0.827. The first-order valence-corrected chi connectivity index (χ1v) is 9.18. The maximum Gasteiger partial charge on any atom is 0.224 e. The Morgan fingerprint density at radius 1 is 1.56 bits per heavy atom. The Bertz CT molecular complexity index is 601. The van der Waals surface area contributed by atoms with Gasteiger partial charge in [-0.25, -0.2) is 0 Å². The number of aromatic nitrogens is 2. The number of likely N-dealkylation sites (tertiary alicyclic amines) is 1. The molecule has 7 heteroatoms. The fourth-order valence-corrected chi connectivity index (χ4v) is 4.11. The van der Waals surface area contributed by atoms with Crippen molar-refractivity contribution in [2.75, 3.05) is 26.7 Å². The lowest BCUT2D eigenvalue weighted by Crippen LogP contribution is -2.51. The average molecular weight is 350 g/mol. The van der Waals surface area contributed by atoms with Crippen LogP contribution in [0.4, 0.5) is 0 Å². The molecule has 1 aromatic heterocycles. The molecular weight excluding hydrogens is 320 g/mol. The van der Waals surface area contributed by atoms with Crippen LogP contribution < -0.4 is 5.32 Å². The Balaban J connectivity index is 1.59. The number of ether oxygens (including phenoxy) is 1. The molecule has 0 spiro atoms. The number of hydrogen-bond acceptors (Lipinski definition) is 5. The van der Waals surface area contributed by atoms with Gasteiger partial charge >= 0.3 is 0 Å². The van der Waals surface area contributed by atoms with Gasteiger partial charge in [-0.2, -0.15) is 5.10 Å². The summed E-state index contributed by atoms with van der Waals surface area (Å²) in [7, 11) is 1.85. The van der Waals surface area contributed by atoms with Crippen molar-refractivity contribution >= 4 is 5.91 Å². The van der Waals surface area contributed by atoms with E-state index >= 15 is 0 Å². The van der Waals surface area contributed by atoms with E-state index in [0.717, 1.165) is 18.7 Å². The Hall–Kier alpha value is -1.44. The molecule has 0 unspecified atom stereocenters. The molecule has 0 radical (unpaired) electrons. The molecule has 2 saturated heterocycles. The third-order valence-corrected chi connectivity index (χ3v) is 5.73. The van der Waals surface area contributed by atoms with Crippen LogP contribution >= 0.6 is 0 Å². The van der Waals surface area contributed by atoms with Crippen molar-refractivity contribution in [2.24, 2.45) is 5.92 Å². The number of amides is 1. The van der Waals surface area contributed by atoms with E-state index in [4.69, 9.17) is 4.74 Å². The zero-order valence-corrected chi connectivity index (χ0v) is 15.4. The predicted octanol–water partition coefficient (Wildman–Crippen LogP) is 0.558. The standard InChI is InChI=1S/C18H30N4O3/c1-13-4-7-20-22(13)9-6-17(23)21-8-5-15-14(11-21)10-18(2,24)16(19-3)12-25-15/h4,7,14-16,19,24H,5-6,8-12H2,1-3H3/t14-,15+,16+,18+/m0/s1. The molecule has 3 heterocycles. The van der Waals surface area contributed by atoms with Crippen LogP contribution in [-0.2, 0) is 16.1 Å². The Labute approximate surface area is 149 Å². The molecular formula is C18H30N4O3. The molecule has 1 aromatic rings. The van der Waals surface area contributed by atoms with E-state index in [1.165, 1.54) is 0 Å². The summed E-state index contributed by atoms with van der Waals surface area (Å²) in [4.78, 5) is 14.5. The highest BCUT2D eigenvalue weighted by Gasteiger charge is 2.43. The van der Waals surface area contributed by atoms with Crippen LogP contribution in [0.25, 0.3) is 0 Å². The maximum absolute atomic E-state index is 12.6. The highest BCUT2D eigenvalue weighted by molar-refractivity contribution is 5.76. The molecule has 25 heavy (non-hydrogen) atoms. The van der Waals surface area contributed by atoms with Gasteiger partial charge in [0.2, 0.25) is 5.91 Å². The van der Waals surface area contributed by atoms with Gasteiger partial charge in [-0.05, 0) is 39.8 Å². The van der Waals surface area contributed by atoms with Crippen LogP contribution in [0.2, 0.25) is 0 Å². The first kappa shape index (κ1) is 18.4. The second kappa shape index (κ2) is 7.43. The molecule has 2 fully saturated rings. The fraction of sp³-hybridized carbons (Fsp3) is 0.778. The van der Waals surface area contributed by atoms with Gasteiger partial charge in [-0.1, -0.05) is 0 Å². The normalized spacial score (nSPS) is 33.0. The number of fused-ring (bicyclic) bond motifs is 1. The number of piperidine rings is 1. The molecule has 0 bridgehead atoms. The van der Waals surface area contributed by atoms with Gasteiger partial charge in [0.15, 0.2) is 0 Å².